The Labute approximate surface area is 158 Å². The number of halogens is 2. The molecular weight excluding hydrogens is 350 g/mol. The second-order valence-corrected chi connectivity index (χ2v) is 6.32. The number of ether oxygens (including phenoxy) is 1. The minimum atomic E-state index is -2.84. The molecule has 0 spiro atoms. The van der Waals surface area contributed by atoms with Crippen LogP contribution in [0.3, 0.4) is 0 Å². The third-order valence-corrected chi connectivity index (χ3v) is 4.51. The van der Waals surface area contributed by atoms with Crippen LogP contribution in [-0.2, 0) is 6.54 Å². The Morgan fingerprint density at radius 2 is 1.93 bits per heavy atom. The van der Waals surface area contributed by atoms with Gasteiger partial charge in [-0.15, -0.1) is 0 Å². The predicted octanol–water partition coefficient (Wildman–Crippen LogP) is 3.23. The molecule has 5 nitrogen and oxygen atoms in total. The molecule has 1 aliphatic heterocycles. The van der Waals surface area contributed by atoms with Crippen LogP contribution in [0.2, 0.25) is 0 Å². The van der Waals surface area contributed by atoms with Crippen molar-refractivity contribution in [1.82, 2.24) is 10.6 Å². The largest absolute Gasteiger partial charge is 0.434 e. The smallest absolute Gasteiger partial charge is 0.387 e. The summed E-state index contributed by atoms with van der Waals surface area (Å²) >= 11 is 0. The van der Waals surface area contributed by atoms with Crippen LogP contribution in [0.1, 0.15) is 12.0 Å². The summed E-state index contributed by atoms with van der Waals surface area (Å²) in [5.41, 5.74) is 1.86. The SMILES string of the molecule is CN=C(NCc1ccccc1OC(F)F)NC1CCN(c2ccccc2)C1. The van der Waals surface area contributed by atoms with E-state index >= 15 is 0 Å². The average Bonchev–Trinajstić information content (AvgIpc) is 3.15. The standard InChI is InChI=1S/C20H24F2N4O/c1-23-20(24-13-15-7-5-6-10-18(15)27-19(21)22)25-16-11-12-26(14-16)17-8-3-2-4-9-17/h2-10,16,19H,11-14H2,1H3,(H2,23,24,25). The fourth-order valence-electron chi connectivity index (χ4n) is 3.18. The van der Waals surface area contributed by atoms with Gasteiger partial charge in [-0.3, -0.25) is 4.99 Å². The molecule has 2 aromatic rings. The van der Waals surface area contributed by atoms with Crippen molar-refractivity contribution < 1.29 is 13.5 Å². The second-order valence-electron chi connectivity index (χ2n) is 6.32. The van der Waals surface area contributed by atoms with Crippen molar-refractivity contribution in [2.45, 2.75) is 25.6 Å². The summed E-state index contributed by atoms with van der Waals surface area (Å²) in [5.74, 6) is 0.813. The van der Waals surface area contributed by atoms with Gasteiger partial charge in [0.1, 0.15) is 5.75 Å². The third-order valence-electron chi connectivity index (χ3n) is 4.51. The number of nitrogens with one attached hydrogen (secondary N) is 2. The molecule has 1 heterocycles. The molecule has 1 fully saturated rings. The van der Waals surface area contributed by atoms with Crippen LogP contribution in [0.4, 0.5) is 14.5 Å². The van der Waals surface area contributed by atoms with E-state index in [-0.39, 0.29) is 11.8 Å². The van der Waals surface area contributed by atoms with Gasteiger partial charge in [0.2, 0.25) is 0 Å². The number of guanidine groups is 1. The van der Waals surface area contributed by atoms with E-state index in [1.807, 2.05) is 18.2 Å². The highest BCUT2D eigenvalue weighted by atomic mass is 19.3. The molecule has 1 unspecified atom stereocenters. The van der Waals surface area contributed by atoms with Crippen molar-refractivity contribution in [3.05, 3.63) is 60.2 Å². The van der Waals surface area contributed by atoms with Gasteiger partial charge < -0.3 is 20.3 Å². The maximum atomic E-state index is 12.5. The minimum absolute atomic E-state index is 0.173. The van der Waals surface area contributed by atoms with Crippen LogP contribution in [0, 0.1) is 0 Å². The molecule has 0 bridgehead atoms. The molecule has 1 aliphatic rings. The number of anilines is 1. The lowest BCUT2D eigenvalue weighted by Crippen LogP contribution is -2.44. The number of aliphatic imine (C=N–C) groups is 1. The van der Waals surface area contributed by atoms with Gasteiger partial charge in [-0.25, -0.2) is 0 Å². The summed E-state index contributed by atoms with van der Waals surface area (Å²) in [7, 11) is 1.70. The number of hydrogen-bond donors (Lipinski definition) is 2. The van der Waals surface area contributed by atoms with Crippen molar-refractivity contribution in [1.29, 1.82) is 0 Å². The monoisotopic (exact) mass is 374 g/mol. The topological polar surface area (TPSA) is 48.9 Å². The first kappa shape index (κ1) is 18.9. The van der Waals surface area contributed by atoms with Gasteiger partial charge in [0.05, 0.1) is 0 Å². The van der Waals surface area contributed by atoms with Crippen molar-refractivity contribution in [2.75, 3.05) is 25.0 Å². The van der Waals surface area contributed by atoms with Crippen LogP contribution in [0.25, 0.3) is 0 Å². The van der Waals surface area contributed by atoms with Crippen LogP contribution >= 0.6 is 0 Å². The van der Waals surface area contributed by atoms with Crippen molar-refractivity contribution >= 4 is 11.6 Å². The molecule has 3 rings (SSSR count). The van der Waals surface area contributed by atoms with Gasteiger partial charge >= 0.3 is 6.61 Å². The predicted molar refractivity (Wildman–Crippen MR) is 103 cm³/mol. The van der Waals surface area contributed by atoms with Crippen LogP contribution < -0.4 is 20.3 Å². The first-order valence-electron chi connectivity index (χ1n) is 8.95. The zero-order chi connectivity index (χ0) is 19.1. The highest BCUT2D eigenvalue weighted by molar-refractivity contribution is 5.80. The molecule has 27 heavy (non-hydrogen) atoms. The summed E-state index contributed by atoms with van der Waals surface area (Å²) in [6.07, 6.45) is 1.00. The minimum Gasteiger partial charge on any atom is -0.434 e. The highest BCUT2D eigenvalue weighted by Crippen LogP contribution is 2.21. The van der Waals surface area contributed by atoms with E-state index in [1.165, 1.54) is 11.8 Å². The van der Waals surface area contributed by atoms with E-state index in [0.717, 1.165) is 19.5 Å². The van der Waals surface area contributed by atoms with Gasteiger partial charge in [-0.1, -0.05) is 36.4 Å². The maximum Gasteiger partial charge on any atom is 0.387 e. The molecule has 144 valence electrons. The van der Waals surface area contributed by atoms with Gasteiger partial charge in [-0.05, 0) is 24.6 Å². The molecule has 0 aromatic heterocycles. The first-order chi connectivity index (χ1) is 13.2. The molecule has 0 saturated carbocycles. The van der Waals surface area contributed by atoms with Crippen molar-refractivity contribution in [3.8, 4) is 5.75 Å². The van der Waals surface area contributed by atoms with Crippen LogP contribution in [0.15, 0.2) is 59.6 Å². The molecule has 0 radical (unpaired) electrons. The quantitative estimate of drug-likeness (QED) is 0.602. The molecule has 1 atom stereocenters. The summed E-state index contributed by atoms with van der Waals surface area (Å²) in [6, 6.07) is 17.3. The zero-order valence-electron chi connectivity index (χ0n) is 15.2. The van der Waals surface area contributed by atoms with Crippen molar-refractivity contribution in [3.63, 3.8) is 0 Å². The summed E-state index contributed by atoms with van der Waals surface area (Å²) in [5, 5.41) is 6.58. The fraction of sp³-hybridized carbons (Fsp3) is 0.350. The van der Waals surface area contributed by atoms with Gasteiger partial charge in [0, 0.05) is 44.0 Å². The Balaban J connectivity index is 1.54. The zero-order valence-corrected chi connectivity index (χ0v) is 15.2. The highest BCUT2D eigenvalue weighted by Gasteiger charge is 2.23. The number of hydrogen-bond acceptors (Lipinski definition) is 3. The Bertz CT molecular complexity index is 755. The first-order valence-corrected chi connectivity index (χ1v) is 8.95. The number of para-hydroxylation sites is 2. The lowest BCUT2D eigenvalue weighted by atomic mass is 10.2. The third kappa shape index (κ3) is 5.32. The summed E-state index contributed by atoms with van der Waals surface area (Å²) in [6.45, 7) is -0.636. The molecule has 2 N–H and O–H groups in total. The van der Waals surface area contributed by atoms with E-state index in [4.69, 9.17) is 0 Å². The Morgan fingerprint density at radius 3 is 2.67 bits per heavy atom. The Kier molecular flexibility index (Phi) is 6.46. The maximum absolute atomic E-state index is 12.5. The van der Waals surface area contributed by atoms with E-state index in [1.54, 1.807) is 25.2 Å². The Morgan fingerprint density at radius 1 is 1.19 bits per heavy atom. The second kappa shape index (κ2) is 9.21. The fourth-order valence-corrected chi connectivity index (χ4v) is 3.18. The lowest BCUT2D eigenvalue weighted by Gasteiger charge is -2.20. The molecule has 7 heteroatoms. The molecular formula is C20H24F2N4O. The van der Waals surface area contributed by atoms with E-state index in [0.29, 0.717) is 18.1 Å². The molecule has 0 aliphatic carbocycles. The molecule has 0 amide bonds. The molecule has 2 aromatic carbocycles. The van der Waals surface area contributed by atoms with Gasteiger partial charge in [0.15, 0.2) is 5.96 Å². The van der Waals surface area contributed by atoms with Gasteiger partial charge in [-0.2, -0.15) is 8.78 Å². The molecule has 1 saturated heterocycles. The van der Waals surface area contributed by atoms with Crippen LogP contribution in [0.5, 0.6) is 5.75 Å². The summed E-state index contributed by atoms with van der Waals surface area (Å²) in [4.78, 5) is 6.57. The van der Waals surface area contributed by atoms with Crippen LogP contribution in [-0.4, -0.2) is 38.8 Å². The Hall–Kier alpha value is -2.83. The van der Waals surface area contributed by atoms with E-state index < -0.39 is 6.61 Å². The number of rotatable bonds is 6. The van der Waals surface area contributed by atoms with Gasteiger partial charge in [0.25, 0.3) is 0 Å². The number of alkyl halides is 2. The van der Waals surface area contributed by atoms with Crippen molar-refractivity contribution in [2.24, 2.45) is 4.99 Å². The van der Waals surface area contributed by atoms with E-state index in [2.05, 4.69) is 37.4 Å². The number of benzene rings is 2. The average molecular weight is 374 g/mol. The number of nitrogens with zero attached hydrogens (tertiary/aromatic N) is 2. The normalized spacial score (nSPS) is 17.3. The summed E-state index contributed by atoms with van der Waals surface area (Å²) < 4.78 is 29.6. The van der Waals surface area contributed by atoms with E-state index in [9.17, 15) is 8.78 Å². The lowest BCUT2D eigenvalue weighted by molar-refractivity contribution is -0.0504.